The zero-order chi connectivity index (χ0) is 12.1. The van der Waals surface area contributed by atoms with Gasteiger partial charge in [0.1, 0.15) is 5.75 Å². The summed E-state index contributed by atoms with van der Waals surface area (Å²) in [5, 5.41) is 3.00. The minimum Gasteiger partial charge on any atom is -0.496 e. The lowest BCUT2D eigenvalue weighted by Gasteiger charge is -2.15. The van der Waals surface area contributed by atoms with E-state index in [2.05, 4.69) is 5.32 Å². The normalized spacial score (nSPS) is 10.9. The van der Waals surface area contributed by atoms with Crippen molar-refractivity contribution in [1.82, 2.24) is 5.32 Å². The van der Waals surface area contributed by atoms with Gasteiger partial charge < -0.3 is 10.1 Å². The van der Waals surface area contributed by atoms with Gasteiger partial charge >= 0.3 is 0 Å². The molecule has 2 nitrogen and oxygen atoms in total. The summed E-state index contributed by atoms with van der Waals surface area (Å²) in [6.45, 7) is 2.65. The van der Waals surface area contributed by atoms with E-state index in [1.54, 1.807) is 6.07 Å². The summed E-state index contributed by atoms with van der Waals surface area (Å²) in [6.07, 6.45) is -1.81. The van der Waals surface area contributed by atoms with E-state index in [9.17, 15) is 8.78 Å². The third-order valence-corrected chi connectivity index (χ3v) is 2.59. The molecule has 0 spiro atoms. The fourth-order valence-corrected chi connectivity index (χ4v) is 1.72. The zero-order valence-electron chi connectivity index (χ0n) is 9.81. The Morgan fingerprint density at radius 3 is 2.56 bits per heavy atom. The van der Waals surface area contributed by atoms with Crippen molar-refractivity contribution in [2.24, 2.45) is 0 Å². The predicted molar refractivity (Wildman–Crippen MR) is 60.3 cm³/mol. The molecule has 1 rings (SSSR count). The van der Waals surface area contributed by atoms with E-state index >= 15 is 0 Å². The van der Waals surface area contributed by atoms with Crippen LogP contribution >= 0.6 is 0 Å². The van der Waals surface area contributed by atoms with Crippen molar-refractivity contribution in [3.8, 4) is 5.75 Å². The quantitative estimate of drug-likeness (QED) is 0.838. The first-order chi connectivity index (χ1) is 7.61. The van der Waals surface area contributed by atoms with E-state index in [4.69, 9.17) is 4.74 Å². The van der Waals surface area contributed by atoms with E-state index in [1.807, 2.05) is 14.0 Å². The molecular formula is C12H17F2NO. The largest absolute Gasteiger partial charge is 0.496 e. The Balaban J connectivity index is 3.16. The highest BCUT2D eigenvalue weighted by Gasteiger charge is 2.18. The maximum Gasteiger partial charge on any atom is 0.267 e. The third-order valence-electron chi connectivity index (χ3n) is 2.59. The minimum atomic E-state index is -2.50. The number of hydrogen-bond acceptors (Lipinski definition) is 2. The zero-order valence-corrected chi connectivity index (χ0v) is 9.81. The number of aryl methyl sites for hydroxylation is 1. The van der Waals surface area contributed by atoms with Gasteiger partial charge in [0.25, 0.3) is 6.43 Å². The number of hydrogen-bond donors (Lipinski definition) is 1. The summed E-state index contributed by atoms with van der Waals surface area (Å²) in [4.78, 5) is 0. The van der Waals surface area contributed by atoms with Gasteiger partial charge in [-0.25, -0.2) is 8.78 Å². The first-order valence-corrected chi connectivity index (χ1v) is 5.21. The van der Waals surface area contributed by atoms with Gasteiger partial charge in [0.05, 0.1) is 12.7 Å². The van der Waals surface area contributed by atoms with E-state index < -0.39 is 6.43 Å². The van der Waals surface area contributed by atoms with Crippen LogP contribution in [-0.4, -0.2) is 20.7 Å². The molecule has 0 aliphatic carbocycles. The Hall–Kier alpha value is -1.16. The number of benzene rings is 1. The molecule has 0 unspecified atom stereocenters. The molecule has 0 aliphatic rings. The first kappa shape index (κ1) is 12.9. The van der Waals surface area contributed by atoms with Gasteiger partial charge in [0.2, 0.25) is 0 Å². The van der Waals surface area contributed by atoms with Crippen molar-refractivity contribution in [2.75, 3.05) is 20.7 Å². The summed E-state index contributed by atoms with van der Waals surface area (Å²) >= 11 is 0. The van der Waals surface area contributed by atoms with Crippen LogP contribution < -0.4 is 10.1 Å². The Kier molecular flexibility index (Phi) is 4.68. The summed E-state index contributed by atoms with van der Waals surface area (Å²) in [7, 11) is 3.27. The Bertz CT molecular complexity index is 353. The number of alkyl halides is 2. The molecule has 0 radical (unpaired) electrons. The number of rotatable bonds is 5. The molecule has 0 atom stereocenters. The topological polar surface area (TPSA) is 21.3 Å². The van der Waals surface area contributed by atoms with Gasteiger partial charge in [-0.05, 0) is 44.1 Å². The number of nitrogens with one attached hydrogen (secondary N) is 1. The van der Waals surface area contributed by atoms with Crippen molar-refractivity contribution in [3.63, 3.8) is 0 Å². The standard InChI is InChI=1S/C12H17F2NO/c1-8-4-5-10(12(13)14)11(16-3)9(8)6-7-15-2/h4-5,12,15H,6-7H2,1-3H3. The van der Waals surface area contributed by atoms with Gasteiger partial charge in [-0.2, -0.15) is 0 Å². The fraction of sp³-hybridized carbons (Fsp3) is 0.500. The molecule has 1 aromatic carbocycles. The average Bonchev–Trinajstić information content (AvgIpc) is 2.26. The second-order valence-electron chi connectivity index (χ2n) is 3.64. The molecule has 0 heterocycles. The Morgan fingerprint density at radius 2 is 2.06 bits per heavy atom. The molecule has 0 amide bonds. The summed E-state index contributed by atoms with van der Waals surface area (Å²) < 4.78 is 30.6. The fourth-order valence-electron chi connectivity index (χ4n) is 1.72. The molecule has 0 fully saturated rings. The number of methoxy groups -OCH3 is 1. The van der Waals surface area contributed by atoms with Crippen LogP contribution in [0.15, 0.2) is 12.1 Å². The smallest absolute Gasteiger partial charge is 0.267 e. The van der Waals surface area contributed by atoms with Crippen LogP contribution in [0.2, 0.25) is 0 Å². The van der Waals surface area contributed by atoms with Crippen LogP contribution in [-0.2, 0) is 6.42 Å². The van der Waals surface area contributed by atoms with Crippen LogP contribution in [0.4, 0.5) is 8.78 Å². The highest BCUT2D eigenvalue weighted by Crippen LogP contribution is 2.34. The second kappa shape index (κ2) is 5.80. The lowest BCUT2D eigenvalue weighted by atomic mass is 10.0. The molecule has 1 aromatic rings. The van der Waals surface area contributed by atoms with E-state index in [-0.39, 0.29) is 5.56 Å². The van der Waals surface area contributed by atoms with Crippen LogP contribution in [0.3, 0.4) is 0 Å². The summed E-state index contributed by atoms with van der Waals surface area (Å²) in [5.41, 5.74) is 1.81. The van der Waals surface area contributed by atoms with Crippen molar-refractivity contribution in [1.29, 1.82) is 0 Å². The molecule has 0 saturated heterocycles. The molecule has 0 bridgehead atoms. The maximum absolute atomic E-state index is 12.8. The van der Waals surface area contributed by atoms with Crippen molar-refractivity contribution in [3.05, 3.63) is 28.8 Å². The average molecular weight is 229 g/mol. The second-order valence-corrected chi connectivity index (χ2v) is 3.64. The van der Waals surface area contributed by atoms with Gasteiger partial charge in [-0.1, -0.05) is 6.07 Å². The van der Waals surface area contributed by atoms with Crippen molar-refractivity contribution < 1.29 is 13.5 Å². The third kappa shape index (κ3) is 2.70. The van der Waals surface area contributed by atoms with E-state index in [1.165, 1.54) is 13.2 Å². The van der Waals surface area contributed by atoms with E-state index in [0.717, 1.165) is 17.7 Å². The first-order valence-electron chi connectivity index (χ1n) is 5.21. The highest BCUT2D eigenvalue weighted by atomic mass is 19.3. The summed E-state index contributed by atoms with van der Waals surface area (Å²) in [6, 6.07) is 3.15. The van der Waals surface area contributed by atoms with Gasteiger partial charge in [-0.15, -0.1) is 0 Å². The van der Waals surface area contributed by atoms with Crippen LogP contribution in [0.5, 0.6) is 5.75 Å². The SMILES string of the molecule is CNCCc1c(C)ccc(C(F)F)c1OC. The lowest BCUT2D eigenvalue weighted by Crippen LogP contribution is -2.12. The van der Waals surface area contributed by atoms with Gasteiger partial charge in [0, 0.05) is 0 Å². The molecular weight excluding hydrogens is 212 g/mol. The Labute approximate surface area is 94.6 Å². The lowest BCUT2D eigenvalue weighted by molar-refractivity contribution is 0.147. The molecule has 0 aromatic heterocycles. The predicted octanol–water partition coefficient (Wildman–Crippen LogP) is 2.70. The molecule has 90 valence electrons. The van der Waals surface area contributed by atoms with Gasteiger partial charge in [-0.3, -0.25) is 0 Å². The summed E-state index contributed by atoms with van der Waals surface area (Å²) in [5.74, 6) is 0.324. The van der Waals surface area contributed by atoms with Crippen molar-refractivity contribution >= 4 is 0 Å². The minimum absolute atomic E-state index is 0.0285. The molecule has 0 aliphatic heterocycles. The number of likely N-dealkylation sites (N-methyl/N-ethyl adjacent to an activating group) is 1. The van der Waals surface area contributed by atoms with Crippen molar-refractivity contribution in [2.45, 2.75) is 19.8 Å². The van der Waals surface area contributed by atoms with Crippen LogP contribution in [0, 0.1) is 6.92 Å². The maximum atomic E-state index is 12.8. The van der Waals surface area contributed by atoms with Gasteiger partial charge in [0.15, 0.2) is 0 Å². The Morgan fingerprint density at radius 1 is 1.38 bits per heavy atom. The van der Waals surface area contributed by atoms with Crippen LogP contribution in [0.1, 0.15) is 23.1 Å². The number of halogens is 2. The molecule has 4 heteroatoms. The monoisotopic (exact) mass is 229 g/mol. The molecule has 1 N–H and O–H groups in total. The van der Waals surface area contributed by atoms with E-state index in [0.29, 0.717) is 12.2 Å². The molecule has 16 heavy (non-hydrogen) atoms. The highest BCUT2D eigenvalue weighted by molar-refractivity contribution is 5.47. The number of ether oxygens (including phenoxy) is 1. The van der Waals surface area contributed by atoms with Crippen LogP contribution in [0.25, 0.3) is 0 Å². The molecule has 0 saturated carbocycles.